The van der Waals surface area contributed by atoms with Gasteiger partial charge in [0.2, 0.25) is 15.8 Å². The fourth-order valence-corrected chi connectivity index (χ4v) is 5.24. The van der Waals surface area contributed by atoms with E-state index in [0.29, 0.717) is 5.56 Å². The van der Waals surface area contributed by atoms with E-state index in [1.165, 1.54) is 10.3 Å². The lowest BCUT2D eigenvalue weighted by molar-refractivity contribution is 0.0475. The molecular weight excluding hydrogens is 432 g/mol. The number of primary sulfonamides is 1. The van der Waals surface area contributed by atoms with Gasteiger partial charge in [-0.15, -0.1) is 22.7 Å². The molecule has 0 saturated heterocycles. The van der Waals surface area contributed by atoms with Gasteiger partial charge in [-0.05, 0) is 43.8 Å². The molecule has 0 aliphatic heterocycles. The Morgan fingerprint density at radius 1 is 1.21 bits per heavy atom. The average molecular weight is 453 g/mol. The lowest BCUT2D eigenvalue weighted by Gasteiger charge is -2.09. The van der Waals surface area contributed by atoms with Crippen LogP contribution in [-0.4, -0.2) is 31.3 Å². The number of nitrogens with two attached hydrogens (primary N) is 1. The zero-order chi connectivity index (χ0) is 21.2. The molecule has 0 aliphatic rings. The van der Waals surface area contributed by atoms with E-state index in [1.807, 2.05) is 25.3 Å². The van der Waals surface area contributed by atoms with Crippen molar-refractivity contribution in [1.82, 2.24) is 4.57 Å². The quantitative estimate of drug-likeness (QED) is 0.417. The fourth-order valence-electron chi connectivity index (χ4n) is 2.97. The summed E-state index contributed by atoms with van der Waals surface area (Å²) in [7, 11) is -3.88. The lowest BCUT2D eigenvalue weighted by Crippen LogP contribution is -2.15. The molecule has 0 fully saturated rings. The highest BCUT2D eigenvalue weighted by atomic mass is 32.2. The van der Waals surface area contributed by atoms with Crippen LogP contribution in [-0.2, 0) is 27.7 Å². The molecule has 0 aliphatic carbocycles. The van der Waals surface area contributed by atoms with Gasteiger partial charge in [-0.25, -0.2) is 18.4 Å². The Kier molecular flexibility index (Phi) is 6.37. The molecule has 0 aromatic carbocycles. The molecule has 0 bridgehead atoms. The molecule has 10 heteroatoms. The summed E-state index contributed by atoms with van der Waals surface area (Å²) in [5.41, 5.74) is 2.35. The van der Waals surface area contributed by atoms with Crippen molar-refractivity contribution in [2.75, 3.05) is 6.61 Å². The van der Waals surface area contributed by atoms with Crippen LogP contribution in [0.25, 0.3) is 0 Å². The van der Waals surface area contributed by atoms with Crippen molar-refractivity contribution in [3.63, 3.8) is 0 Å². The highest BCUT2D eigenvalue weighted by molar-refractivity contribution is 7.91. The highest BCUT2D eigenvalue weighted by Crippen LogP contribution is 2.21. The van der Waals surface area contributed by atoms with E-state index in [-0.39, 0.29) is 15.6 Å². The molecule has 3 aromatic rings. The van der Waals surface area contributed by atoms with E-state index < -0.39 is 22.6 Å². The molecular formula is C19H20N2O5S3. The van der Waals surface area contributed by atoms with Gasteiger partial charge in [0, 0.05) is 33.8 Å². The first-order valence-electron chi connectivity index (χ1n) is 8.67. The Labute approximate surface area is 176 Å². The number of Topliss-reactive ketones (excluding diaryl/α,β-unsaturated/α-hetero) is 1. The van der Waals surface area contributed by atoms with Gasteiger partial charge in [0.1, 0.15) is 4.21 Å². The second-order valence-electron chi connectivity index (χ2n) is 6.46. The molecule has 0 atom stereocenters. The SMILES string of the molecule is Cc1cc(C(=O)COC(=O)c2csc(S(N)(=O)=O)c2)c(C)n1CCc1cccs1. The number of carbonyl (C=O) groups is 2. The van der Waals surface area contributed by atoms with Gasteiger partial charge in [0.25, 0.3) is 0 Å². The molecule has 0 saturated carbocycles. The molecule has 0 spiro atoms. The average Bonchev–Trinajstić information content (AvgIpc) is 3.38. The van der Waals surface area contributed by atoms with Gasteiger partial charge in [0.15, 0.2) is 6.61 Å². The Morgan fingerprint density at radius 3 is 2.59 bits per heavy atom. The molecule has 7 nitrogen and oxygen atoms in total. The predicted octanol–water partition coefficient (Wildman–Crippen LogP) is 3.16. The minimum Gasteiger partial charge on any atom is -0.454 e. The van der Waals surface area contributed by atoms with E-state index in [2.05, 4.69) is 10.6 Å². The summed E-state index contributed by atoms with van der Waals surface area (Å²) >= 11 is 2.52. The number of thiophene rings is 2. The van der Waals surface area contributed by atoms with Gasteiger partial charge in [-0.1, -0.05) is 6.07 Å². The van der Waals surface area contributed by atoms with Crippen LogP contribution >= 0.6 is 22.7 Å². The number of esters is 1. The third-order valence-corrected chi connectivity index (χ3v) is 7.78. The van der Waals surface area contributed by atoms with Crippen molar-refractivity contribution in [1.29, 1.82) is 0 Å². The van der Waals surface area contributed by atoms with Gasteiger partial charge >= 0.3 is 5.97 Å². The molecule has 0 amide bonds. The molecule has 154 valence electrons. The second kappa shape index (κ2) is 8.62. The predicted molar refractivity (Wildman–Crippen MR) is 112 cm³/mol. The first kappa shape index (κ1) is 21.4. The van der Waals surface area contributed by atoms with Crippen LogP contribution in [0.4, 0.5) is 0 Å². The van der Waals surface area contributed by atoms with Crippen LogP contribution in [0.1, 0.15) is 37.0 Å². The maximum Gasteiger partial charge on any atom is 0.339 e. The standard InChI is InChI=1S/C19H20N2O5S3/c1-12-8-16(13(2)21(12)6-5-15-4-3-7-27-15)17(22)10-26-19(23)14-9-18(28-11-14)29(20,24)25/h3-4,7-9,11H,5-6,10H2,1-2H3,(H2,20,24,25). The first-order chi connectivity index (χ1) is 13.7. The molecule has 3 heterocycles. The van der Waals surface area contributed by atoms with E-state index in [4.69, 9.17) is 9.88 Å². The summed E-state index contributed by atoms with van der Waals surface area (Å²) in [6.07, 6.45) is 0.876. The van der Waals surface area contributed by atoms with Crippen LogP contribution in [0.3, 0.4) is 0 Å². The Bertz CT molecular complexity index is 1140. The zero-order valence-corrected chi connectivity index (χ0v) is 18.3. The Hall–Kier alpha value is -2.27. The van der Waals surface area contributed by atoms with E-state index >= 15 is 0 Å². The molecule has 0 radical (unpaired) electrons. The summed E-state index contributed by atoms with van der Waals surface area (Å²) in [5, 5.41) is 8.40. The third kappa shape index (κ3) is 5.02. The van der Waals surface area contributed by atoms with Crippen molar-refractivity contribution in [2.45, 2.75) is 31.0 Å². The van der Waals surface area contributed by atoms with Gasteiger partial charge in [0.05, 0.1) is 5.56 Å². The molecule has 3 rings (SSSR count). The third-order valence-electron chi connectivity index (χ3n) is 4.46. The summed E-state index contributed by atoms with van der Waals surface area (Å²) in [6, 6.07) is 7.03. The monoisotopic (exact) mass is 452 g/mol. The number of aryl methyl sites for hydroxylation is 2. The largest absolute Gasteiger partial charge is 0.454 e. The summed E-state index contributed by atoms with van der Waals surface area (Å²) < 4.78 is 29.6. The topological polar surface area (TPSA) is 108 Å². The number of hydrogen-bond donors (Lipinski definition) is 1. The van der Waals surface area contributed by atoms with Crippen LogP contribution in [0.5, 0.6) is 0 Å². The molecule has 2 N–H and O–H groups in total. The fraction of sp³-hybridized carbons (Fsp3) is 0.263. The minimum absolute atomic E-state index is 0.0493. The van der Waals surface area contributed by atoms with E-state index in [1.54, 1.807) is 17.4 Å². The normalized spacial score (nSPS) is 11.6. The van der Waals surface area contributed by atoms with E-state index in [0.717, 1.165) is 41.8 Å². The van der Waals surface area contributed by atoms with Crippen molar-refractivity contribution in [3.05, 3.63) is 62.4 Å². The Morgan fingerprint density at radius 2 is 1.97 bits per heavy atom. The number of hydrogen-bond acceptors (Lipinski definition) is 7. The number of rotatable bonds is 8. The smallest absolute Gasteiger partial charge is 0.339 e. The maximum atomic E-state index is 12.6. The summed E-state index contributed by atoms with van der Waals surface area (Å²) in [5.74, 6) is -1.08. The van der Waals surface area contributed by atoms with Crippen LogP contribution in [0, 0.1) is 13.8 Å². The number of aromatic nitrogens is 1. The first-order valence-corrected chi connectivity index (χ1v) is 12.0. The molecule has 0 unspecified atom stereocenters. The van der Waals surface area contributed by atoms with Crippen molar-refractivity contribution < 1.29 is 22.7 Å². The van der Waals surface area contributed by atoms with Crippen molar-refractivity contribution in [2.24, 2.45) is 5.14 Å². The maximum absolute atomic E-state index is 12.6. The number of sulfonamides is 1. The number of ketones is 1. The van der Waals surface area contributed by atoms with Crippen LogP contribution < -0.4 is 5.14 Å². The zero-order valence-electron chi connectivity index (χ0n) is 15.9. The Balaban J connectivity index is 1.64. The number of ether oxygens (including phenoxy) is 1. The molecule has 29 heavy (non-hydrogen) atoms. The second-order valence-corrected chi connectivity index (χ2v) is 10.2. The minimum atomic E-state index is -3.88. The summed E-state index contributed by atoms with van der Waals surface area (Å²) in [6.45, 7) is 4.14. The van der Waals surface area contributed by atoms with Crippen LogP contribution in [0.15, 0.2) is 39.2 Å². The number of carbonyl (C=O) groups excluding carboxylic acids is 2. The van der Waals surface area contributed by atoms with Gasteiger partial charge < -0.3 is 9.30 Å². The lowest BCUT2D eigenvalue weighted by atomic mass is 10.1. The summed E-state index contributed by atoms with van der Waals surface area (Å²) in [4.78, 5) is 25.9. The van der Waals surface area contributed by atoms with Crippen molar-refractivity contribution in [3.8, 4) is 0 Å². The van der Waals surface area contributed by atoms with Crippen LogP contribution in [0.2, 0.25) is 0 Å². The number of nitrogens with zero attached hydrogens (tertiary/aromatic N) is 1. The van der Waals surface area contributed by atoms with E-state index in [9.17, 15) is 18.0 Å². The van der Waals surface area contributed by atoms with Gasteiger partial charge in [-0.2, -0.15) is 0 Å². The highest BCUT2D eigenvalue weighted by Gasteiger charge is 2.20. The molecule has 3 aromatic heterocycles. The van der Waals surface area contributed by atoms with Crippen molar-refractivity contribution >= 4 is 44.4 Å². The van der Waals surface area contributed by atoms with Gasteiger partial charge in [-0.3, -0.25) is 4.79 Å².